The highest BCUT2D eigenvalue weighted by molar-refractivity contribution is 7.99. The molecule has 1 atom stereocenters. The molecule has 1 unspecified atom stereocenters. The zero-order chi connectivity index (χ0) is 13.5. The summed E-state index contributed by atoms with van der Waals surface area (Å²) in [6, 6.07) is 10.6. The normalized spacial score (nSPS) is 18.4. The van der Waals surface area contributed by atoms with Crippen LogP contribution < -0.4 is 5.73 Å². The van der Waals surface area contributed by atoms with Gasteiger partial charge in [-0.15, -0.1) is 0 Å². The Morgan fingerprint density at radius 3 is 2.63 bits per heavy atom. The Morgan fingerprint density at radius 1 is 1.32 bits per heavy atom. The number of aliphatic imine (C=N–C) groups is 1. The van der Waals surface area contributed by atoms with Crippen LogP contribution in [0.2, 0.25) is 0 Å². The fourth-order valence-corrected chi connectivity index (χ4v) is 3.19. The van der Waals surface area contributed by atoms with Crippen molar-refractivity contribution in [1.82, 2.24) is 4.90 Å². The molecule has 0 amide bonds. The summed E-state index contributed by atoms with van der Waals surface area (Å²) in [5.74, 6) is 3.51. The van der Waals surface area contributed by atoms with Crippen LogP contribution >= 0.6 is 11.8 Å². The second-order valence-electron chi connectivity index (χ2n) is 4.81. The van der Waals surface area contributed by atoms with Gasteiger partial charge in [0.05, 0.1) is 0 Å². The van der Waals surface area contributed by atoms with E-state index in [4.69, 9.17) is 5.73 Å². The number of rotatable bonds is 4. The summed E-state index contributed by atoms with van der Waals surface area (Å²) in [4.78, 5) is 6.81. The first kappa shape index (κ1) is 14.3. The molecule has 1 saturated heterocycles. The summed E-state index contributed by atoms with van der Waals surface area (Å²) in [7, 11) is 0. The molecule has 0 spiro atoms. The van der Waals surface area contributed by atoms with Crippen LogP contribution in [0.4, 0.5) is 0 Å². The molecule has 1 aliphatic heterocycles. The summed E-state index contributed by atoms with van der Waals surface area (Å²) in [6.07, 6.45) is 1.09. The van der Waals surface area contributed by atoms with Gasteiger partial charge in [0.2, 0.25) is 0 Å². The van der Waals surface area contributed by atoms with Crippen LogP contribution in [0.3, 0.4) is 0 Å². The third kappa shape index (κ3) is 4.16. The molecule has 1 aromatic carbocycles. The lowest BCUT2D eigenvalue weighted by molar-refractivity contribution is 0.454. The highest BCUT2D eigenvalue weighted by Gasteiger charge is 2.13. The fraction of sp³-hybridized carbons (Fsp3) is 0.533. The molecule has 4 heteroatoms. The van der Waals surface area contributed by atoms with Crippen molar-refractivity contribution in [3.05, 3.63) is 35.9 Å². The van der Waals surface area contributed by atoms with Crippen LogP contribution in [0, 0.1) is 0 Å². The van der Waals surface area contributed by atoms with E-state index >= 15 is 0 Å². The molecule has 3 nitrogen and oxygen atoms in total. The van der Waals surface area contributed by atoms with E-state index in [1.807, 2.05) is 11.8 Å². The topological polar surface area (TPSA) is 41.6 Å². The van der Waals surface area contributed by atoms with Crippen molar-refractivity contribution in [2.75, 3.05) is 31.1 Å². The van der Waals surface area contributed by atoms with Gasteiger partial charge >= 0.3 is 0 Å². The van der Waals surface area contributed by atoms with Gasteiger partial charge in [0.25, 0.3) is 0 Å². The average Bonchev–Trinajstić information content (AvgIpc) is 2.49. The molecule has 1 aliphatic rings. The number of hydrogen-bond acceptors (Lipinski definition) is 2. The lowest BCUT2D eigenvalue weighted by Crippen LogP contribution is -2.42. The Bertz CT molecular complexity index is 399. The van der Waals surface area contributed by atoms with Gasteiger partial charge in [-0.05, 0) is 12.0 Å². The first-order valence-electron chi connectivity index (χ1n) is 6.98. The lowest BCUT2D eigenvalue weighted by Gasteiger charge is -2.27. The third-order valence-corrected chi connectivity index (χ3v) is 4.52. The minimum atomic E-state index is 0.471. The Kier molecular flexibility index (Phi) is 5.58. The summed E-state index contributed by atoms with van der Waals surface area (Å²) in [6.45, 7) is 5.06. The van der Waals surface area contributed by atoms with Crippen LogP contribution in [-0.2, 0) is 0 Å². The van der Waals surface area contributed by atoms with E-state index < -0.39 is 0 Å². The molecule has 1 aromatic rings. The van der Waals surface area contributed by atoms with E-state index in [2.05, 4.69) is 47.1 Å². The van der Waals surface area contributed by atoms with Crippen LogP contribution in [-0.4, -0.2) is 42.0 Å². The SMILES string of the molecule is CCC(CN=C(N)N1CCSCC1)c1ccccc1. The molecular weight excluding hydrogens is 254 g/mol. The monoisotopic (exact) mass is 277 g/mol. The Labute approximate surface area is 120 Å². The molecule has 2 N–H and O–H groups in total. The quantitative estimate of drug-likeness (QED) is 0.679. The van der Waals surface area contributed by atoms with Gasteiger partial charge < -0.3 is 10.6 Å². The standard InChI is InChI=1S/C15H23N3S/c1-2-13(14-6-4-3-5-7-14)12-17-15(16)18-8-10-19-11-9-18/h3-7,13H,2,8-12H2,1H3,(H2,16,17). The number of benzene rings is 1. The average molecular weight is 277 g/mol. The number of thioether (sulfide) groups is 1. The molecule has 0 aliphatic carbocycles. The van der Waals surface area contributed by atoms with Crippen LogP contribution in [0.5, 0.6) is 0 Å². The van der Waals surface area contributed by atoms with Crippen LogP contribution in [0.25, 0.3) is 0 Å². The molecule has 0 radical (unpaired) electrons. The van der Waals surface area contributed by atoms with Gasteiger partial charge in [-0.25, -0.2) is 0 Å². The lowest BCUT2D eigenvalue weighted by atomic mass is 9.97. The first-order chi connectivity index (χ1) is 9.31. The smallest absolute Gasteiger partial charge is 0.191 e. The molecule has 0 saturated carbocycles. The van der Waals surface area contributed by atoms with E-state index in [1.165, 1.54) is 5.56 Å². The number of nitrogens with two attached hydrogens (primary N) is 1. The second kappa shape index (κ2) is 7.43. The zero-order valence-electron chi connectivity index (χ0n) is 11.6. The van der Waals surface area contributed by atoms with Gasteiger partial charge in [0, 0.05) is 37.1 Å². The summed E-state index contributed by atoms with van der Waals surface area (Å²) in [5, 5.41) is 0. The predicted octanol–water partition coefficient (Wildman–Crippen LogP) is 2.54. The van der Waals surface area contributed by atoms with E-state index in [0.29, 0.717) is 5.92 Å². The molecule has 104 valence electrons. The minimum absolute atomic E-state index is 0.471. The van der Waals surface area contributed by atoms with Crippen molar-refractivity contribution < 1.29 is 0 Å². The number of guanidine groups is 1. The molecule has 2 rings (SSSR count). The van der Waals surface area contributed by atoms with E-state index in [0.717, 1.165) is 43.5 Å². The predicted molar refractivity (Wildman–Crippen MR) is 84.9 cm³/mol. The fourth-order valence-electron chi connectivity index (χ4n) is 2.29. The maximum Gasteiger partial charge on any atom is 0.191 e. The molecule has 19 heavy (non-hydrogen) atoms. The second-order valence-corrected chi connectivity index (χ2v) is 6.04. The van der Waals surface area contributed by atoms with Crippen molar-refractivity contribution in [3.8, 4) is 0 Å². The summed E-state index contributed by atoms with van der Waals surface area (Å²) >= 11 is 1.99. The van der Waals surface area contributed by atoms with Gasteiger partial charge in [-0.2, -0.15) is 11.8 Å². The molecule has 1 heterocycles. The zero-order valence-corrected chi connectivity index (χ0v) is 12.4. The first-order valence-corrected chi connectivity index (χ1v) is 8.14. The maximum absolute atomic E-state index is 6.10. The van der Waals surface area contributed by atoms with Crippen molar-refractivity contribution in [3.63, 3.8) is 0 Å². The van der Waals surface area contributed by atoms with Crippen molar-refractivity contribution in [2.24, 2.45) is 10.7 Å². The van der Waals surface area contributed by atoms with Gasteiger partial charge in [-0.1, -0.05) is 37.3 Å². The largest absolute Gasteiger partial charge is 0.370 e. The molecule has 1 fully saturated rings. The van der Waals surface area contributed by atoms with E-state index in [1.54, 1.807) is 0 Å². The molecule has 0 bridgehead atoms. The Hall–Kier alpha value is -1.16. The molecule has 0 aromatic heterocycles. The highest BCUT2D eigenvalue weighted by Crippen LogP contribution is 2.19. The van der Waals surface area contributed by atoms with Crippen LogP contribution in [0.15, 0.2) is 35.3 Å². The van der Waals surface area contributed by atoms with Crippen LogP contribution in [0.1, 0.15) is 24.8 Å². The minimum Gasteiger partial charge on any atom is -0.370 e. The Morgan fingerprint density at radius 2 is 2.00 bits per heavy atom. The van der Waals surface area contributed by atoms with E-state index in [-0.39, 0.29) is 0 Å². The van der Waals surface area contributed by atoms with Gasteiger partial charge in [0.1, 0.15) is 0 Å². The van der Waals surface area contributed by atoms with E-state index in [9.17, 15) is 0 Å². The summed E-state index contributed by atoms with van der Waals surface area (Å²) in [5.41, 5.74) is 7.45. The molecular formula is C15H23N3S. The number of hydrogen-bond donors (Lipinski definition) is 1. The van der Waals surface area contributed by atoms with Crippen molar-refractivity contribution >= 4 is 17.7 Å². The van der Waals surface area contributed by atoms with Gasteiger partial charge in [0.15, 0.2) is 5.96 Å². The number of nitrogens with zero attached hydrogens (tertiary/aromatic N) is 2. The third-order valence-electron chi connectivity index (χ3n) is 3.57. The van der Waals surface area contributed by atoms with Crippen molar-refractivity contribution in [1.29, 1.82) is 0 Å². The Balaban J connectivity index is 1.95. The maximum atomic E-state index is 6.10. The van der Waals surface area contributed by atoms with Crippen molar-refractivity contribution in [2.45, 2.75) is 19.3 Å². The summed E-state index contributed by atoms with van der Waals surface area (Å²) < 4.78 is 0. The van der Waals surface area contributed by atoms with Gasteiger partial charge in [-0.3, -0.25) is 4.99 Å². The highest BCUT2D eigenvalue weighted by atomic mass is 32.2.